The Kier molecular flexibility index (Phi) is 4.59. The lowest BCUT2D eigenvalue weighted by atomic mass is 9.99. The van der Waals surface area contributed by atoms with E-state index in [1.165, 1.54) is 6.08 Å². The monoisotopic (exact) mass is 286 g/mol. The van der Waals surface area contributed by atoms with Gasteiger partial charge in [-0.2, -0.15) is 0 Å². The molecule has 2 nitrogen and oxygen atoms in total. The molecule has 0 aromatic heterocycles. The van der Waals surface area contributed by atoms with Gasteiger partial charge in [-0.3, -0.25) is 0 Å². The molecule has 0 saturated carbocycles. The predicted molar refractivity (Wildman–Crippen MR) is 82.8 cm³/mol. The van der Waals surface area contributed by atoms with Gasteiger partial charge in [0, 0.05) is 16.7 Å². The molecule has 2 aromatic carbocycles. The maximum atomic E-state index is 10.8. The van der Waals surface area contributed by atoms with Crippen molar-refractivity contribution in [1.29, 1.82) is 0 Å². The van der Waals surface area contributed by atoms with Gasteiger partial charge in [0.1, 0.15) is 0 Å². The highest BCUT2D eigenvalue weighted by atomic mass is 35.5. The van der Waals surface area contributed by atoms with Gasteiger partial charge in [-0.15, -0.1) is 0 Å². The summed E-state index contributed by atoms with van der Waals surface area (Å²) in [7, 11) is 0. The van der Waals surface area contributed by atoms with Crippen molar-refractivity contribution in [3.05, 3.63) is 65.2 Å². The van der Waals surface area contributed by atoms with Gasteiger partial charge in [0.15, 0.2) is 0 Å². The highest BCUT2D eigenvalue weighted by Crippen LogP contribution is 2.29. The number of benzene rings is 2. The minimum Gasteiger partial charge on any atom is -0.478 e. The number of hydrogen-bond acceptors (Lipinski definition) is 1. The van der Waals surface area contributed by atoms with Gasteiger partial charge in [-0.25, -0.2) is 4.79 Å². The lowest BCUT2D eigenvalue weighted by Crippen LogP contribution is -1.92. The van der Waals surface area contributed by atoms with Crippen LogP contribution in [0.25, 0.3) is 16.7 Å². The van der Waals surface area contributed by atoms with E-state index in [0.29, 0.717) is 11.4 Å². The molecule has 2 aromatic rings. The van der Waals surface area contributed by atoms with Crippen molar-refractivity contribution < 1.29 is 9.90 Å². The topological polar surface area (TPSA) is 37.3 Å². The lowest BCUT2D eigenvalue weighted by molar-refractivity contribution is -0.131. The van der Waals surface area contributed by atoms with E-state index in [4.69, 9.17) is 16.7 Å². The standard InChI is InChI=1S/C17H15ClO2/c1-2-12(11-17(19)20)13-7-9-14(10-8-13)15-5-3-4-6-16(15)18/h3-11H,2H2,1H3,(H,19,20)/b12-11+. The molecule has 102 valence electrons. The molecule has 1 N–H and O–H groups in total. The van der Waals surface area contributed by atoms with Crippen LogP contribution < -0.4 is 0 Å². The van der Waals surface area contributed by atoms with Gasteiger partial charge < -0.3 is 5.11 Å². The van der Waals surface area contributed by atoms with Crippen LogP contribution in [0.3, 0.4) is 0 Å². The average molecular weight is 287 g/mol. The molecule has 0 heterocycles. The predicted octanol–water partition coefficient (Wildman–Crippen LogP) is 4.89. The second-order valence-electron chi connectivity index (χ2n) is 4.42. The molecule has 0 aliphatic carbocycles. The fourth-order valence-electron chi connectivity index (χ4n) is 2.10. The summed E-state index contributed by atoms with van der Waals surface area (Å²) < 4.78 is 0. The zero-order valence-electron chi connectivity index (χ0n) is 11.1. The second-order valence-corrected chi connectivity index (χ2v) is 4.83. The number of allylic oxidation sites excluding steroid dienone is 1. The molecule has 0 fully saturated rings. The summed E-state index contributed by atoms with van der Waals surface area (Å²) in [5, 5.41) is 9.56. The van der Waals surface area contributed by atoms with Crippen molar-refractivity contribution in [2.75, 3.05) is 0 Å². The summed E-state index contributed by atoms with van der Waals surface area (Å²) in [5.41, 5.74) is 3.72. The number of rotatable bonds is 4. The molecular weight excluding hydrogens is 272 g/mol. The Balaban J connectivity index is 2.36. The van der Waals surface area contributed by atoms with Gasteiger partial charge >= 0.3 is 5.97 Å². The highest BCUT2D eigenvalue weighted by Gasteiger charge is 2.05. The number of aliphatic carboxylic acids is 1. The molecule has 0 unspecified atom stereocenters. The van der Waals surface area contributed by atoms with Crippen molar-refractivity contribution in [1.82, 2.24) is 0 Å². The Morgan fingerprint density at radius 3 is 2.35 bits per heavy atom. The summed E-state index contributed by atoms with van der Waals surface area (Å²) >= 11 is 6.17. The van der Waals surface area contributed by atoms with Crippen LogP contribution in [0.5, 0.6) is 0 Å². The molecule has 3 heteroatoms. The average Bonchev–Trinajstić information content (AvgIpc) is 2.45. The first kappa shape index (κ1) is 14.4. The summed E-state index contributed by atoms with van der Waals surface area (Å²) in [4.78, 5) is 10.8. The summed E-state index contributed by atoms with van der Waals surface area (Å²) in [6, 6.07) is 15.4. The van der Waals surface area contributed by atoms with E-state index in [0.717, 1.165) is 22.3 Å². The Bertz CT molecular complexity index is 642. The zero-order chi connectivity index (χ0) is 14.5. The smallest absolute Gasteiger partial charge is 0.328 e. The second kappa shape index (κ2) is 6.40. The zero-order valence-corrected chi connectivity index (χ0v) is 11.9. The molecule has 20 heavy (non-hydrogen) atoms. The third kappa shape index (κ3) is 3.28. The molecule has 2 rings (SSSR count). The Morgan fingerprint density at radius 2 is 1.80 bits per heavy atom. The normalized spacial score (nSPS) is 11.4. The largest absolute Gasteiger partial charge is 0.478 e. The van der Waals surface area contributed by atoms with Crippen LogP contribution in [0.4, 0.5) is 0 Å². The molecule has 0 amide bonds. The molecule has 0 saturated heterocycles. The fraction of sp³-hybridized carbons (Fsp3) is 0.118. The molecule has 0 aliphatic rings. The molecule has 0 bridgehead atoms. The van der Waals surface area contributed by atoms with Crippen LogP contribution in [0.1, 0.15) is 18.9 Å². The SMILES string of the molecule is CC/C(=C\C(=O)O)c1ccc(-c2ccccc2Cl)cc1. The first-order valence-electron chi connectivity index (χ1n) is 6.40. The van der Waals surface area contributed by atoms with Crippen LogP contribution in [-0.4, -0.2) is 11.1 Å². The summed E-state index contributed by atoms with van der Waals surface area (Å²) in [6.45, 7) is 1.94. The number of carboxylic acids is 1. The Labute approximate surface area is 123 Å². The molecule has 0 atom stereocenters. The summed E-state index contributed by atoms with van der Waals surface area (Å²) in [6.07, 6.45) is 1.93. The molecule has 0 radical (unpaired) electrons. The lowest BCUT2D eigenvalue weighted by Gasteiger charge is -2.07. The number of hydrogen-bond donors (Lipinski definition) is 1. The van der Waals surface area contributed by atoms with Gasteiger partial charge in [-0.1, -0.05) is 61.0 Å². The van der Waals surface area contributed by atoms with E-state index in [1.807, 2.05) is 55.5 Å². The highest BCUT2D eigenvalue weighted by molar-refractivity contribution is 6.33. The quantitative estimate of drug-likeness (QED) is 0.813. The minimum absolute atomic E-state index is 0.678. The summed E-state index contributed by atoms with van der Waals surface area (Å²) in [5.74, 6) is -0.919. The van der Waals surface area contributed by atoms with Crippen molar-refractivity contribution in [3.8, 4) is 11.1 Å². The first-order valence-corrected chi connectivity index (χ1v) is 6.78. The van der Waals surface area contributed by atoms with Crippen LogP contribution in [-0.2, 0) is 4.79 Å². The van der Waals surface area contributed by atoms with E-state index < -0.39 is 5.97 Å². The third-order valence-corrected chi connectivity index (χ3v) is 3.45. The maximum Gasteiger partial charge on any atom is 0.328 e. The van der Waals surface area contributed by atoms with E-state index >= 15 is 0 Å². The van der Waals surface area contributed by atoms with E-state index in [1.54, 1.807) is 0 Å². The number of carboxylic acid groups (broad SMARTS) is 1. The number of carbonyl (C=O) groups is 1. The van der Waals surface area contributed by atoms with E-state index in [2.05, 4.69) is 0 Å². The van der Waals surface area contributed by atoms with Crippen molar-refractivity contribution in [3.63, 3.8) is 0 Å². The molecule has 0 spiro atoms. The van der Waals surface area contributed by atoms with E-state index in [-0.39, 0.29) is 0 Å². The minimum atomic E-state index is -0.919. The van der Waals surface area contributed by atoms with Crippen LogP contribution in [0.15, 0.2) is 54.6 Å². The first-order chi connectivity index (χ1) is 9.61. The van der Waals surface area contributed by atoms with Gasteiger partial charge in [0.05, 0.1) is 0 Å². The van der Waals surface area contributed by atoms with Gasteiger partial charge in [0.25, 0.3) is 0 Å². The number of halogens is 1. The van der Waals surface area contributed by atoms with Gasteiger partial charge in [0.2, 0.25) is 0 Å². The molecular formula is C17H15ClO2. The van der Waals surface area contributed by atoms with Gasteiger partial charge in [-0.05, 0) is 29.2 Å². The van der Waals surface area contributed by atoms with Crippen LogP contribution in [0, 0.1) is 0 Å². The maximum absolute atomic E-state index is 10.8. The Hall–Kier alpha value is -2.06. The van der Waals surface area contributed by atoms with Crippen molar-refractivity contribution in [2.24, 2.45) is 0 Å². The van der Waals surface area contributed by atoms with Crippen molar-refractivity contribution in [2.45, 2.75) is 13.3 Å². The van der Waals surface area contributed by atoms with Crippen LogP contribution in [0.2, 0.25) is 5.02 Å². The van der Waals surface area contributed by atoms with E-state index in [9.17, 15) is 4.79 Å². The van der Waals surface area contributed by atoms with Crippen molar-refractivity contribution >= 4 is 23.1 Å². The molecule has 0 aliphatic heterocycles. The Morgan fingerprint density at radius 1 is 1.15 bits per heavy atom. The third-order valence-electron chi connectivity index (χ3n) is 3.12. The fourth-order valence-corrected chi connectivity index (χ4v) is 2.34. The van der Waals surface area contributed by atoms with Crippen LogP contribution >= 0.6 is 11.6 Å².